The molecular weight excluding hydrogens is 441 g/mol. The van der Waals surface area contributed by atoms with Gasteiger partial charge in [-0.2, -0.15) is 0 Å². The van der Waals surface area contributed by atoms with Crippen molar-refractivity contribution in [3.05, 3.63) is 29.8 Å². The topological polar surface area (TPSA) is 51.2 Å². The molecule has 26 heavy (non-hydrogen) atoms. The Labute approximate surface area is 175 Å². The van der Waals surface area contributed by atoms with Gasteiger partial charge in [-0.25, -0.2) is 4.99 Å². The Morgan fingerprint density at radius 2 is 1.85 bits per heavy atom. The molecule has 0 saturated carbocycles. The normalized spacial score (nSPS) is 12.0. The number of carbonyl (C=O) groups excluding carboxylic acids is 1. The molecule has 0 heterocycles. The van der Waals surface area contributed by atoms with Gasteiger partial charge in [0.05, 0.1) is 0 Å². The van der Waals surface area contributed by atoms with Crippen LogP contribution in [0, 0.1) is 0 Å². The number of halogens is 1. The molecule has 0 bridgehead atoms. The zero-order valence-electron chi connectivity index (χ0n) is 17.1. The number of amides is 1. The van der Waals surface area contributed by atoms with Crippen LogP contribution in [0.1, 0.15) is 25.8 Å². The van der Waals surface area contributed by atoms with Crippen molar-refractivity contribution >= 4 is 41.5 Å². The summed E-state index contributed by atoms with van der Waals surface area (Å²) in [4.78, 5) is 22.1. The van der Waals surface area contributed by atoms with Gasteiger partial charge in [-0.05, 0) is 31.0 Å². The lowest BCUT2D eigenvalue weighted by Crippen LogP contribution is -2.43. The first kappa shape index (κ1) is 24.5. The fourth-order valence-electron chi connectivity index (χ4n) is 2.16. The van der Waals surface area contributed by atoms with Crippen molar-refractivity contribution in [1.82, 2.24) is 15.1 Å². The number of guanidine groups is 1. The predicted molar refractivity (Wildman–Crippen MR) is 122 cm³/mol. The second-order valence-corrected chi connectivity index (χ2v) is 6.80. The van der Waals surface area contributed by atoms with Gasteiger partial charge >= 0.3 is 0 Å². The van der Waals surface area contributed by atoms with E-state index in [1.807, 2.05) is 21.1 Å². The summed E-state index contributed by atoms with van der Waals surface area (Å²) in [5.41, 5.74) is 2.37. The molecule has 148 valence electrons. The van der Waals surface area contributed by atoms with E-state index >= 15 is 0 Å². The van der Waals surface area contributed by atoms with Gasteiger partial charge in [-0.1, -0.05) is 19.1 Å². The SMILES string of the molecule is CCC(C)NC(=NCC(=O)N(C)C)N(C)Cc1cccc(N(C)C)c1.I. The third kappa shape index (κ3) is 8.25. The summed E-state index contributed by atoms with van der Waals surface area (Å²) < 4.78 is 0. The third-order valence-electron chi connectivity index (χ3n) is 4.06. The maximum Gasteiger partial charge on any atom is 0.243 e. The minimum Gasteiger partial charge on any atom is -0.378 e. The zero-order chi connectivity index (χ0) is 19.0. The van der Waals surface area contributed by atoms with Crippen LogP contribution in [0.2, 0.25) is 0 Å². The number of aliphatic imine (C=N–C) groups is 1. The Bertz CT molecular complexity index is 589. The number of nitrogens with one attached hydrogen (secondary N) is 1. The molecule has 7 heteroatoms. The van der Waals surface area contributed by atoms with Crippen LogP contribution < -0.4 is 10.2 Å². The smallest absolute Gasteiger partial charge is 0.243 e. The first-order valence-corrected chi connectivity index (χ1v) is 8.73. The molecule has 0 aliphatic rings. The molecule has 0 fully saturated rings. The monoisotopic (exact) mass is 475 g/mol. The van der Waals surface area contributed by atoms with E-state index in [4.69, 9.17) is 0 Å². The van der Waals surface area contributed by atoms with E-state index in [2.05, 4.69) is 58.2 Å². The van der Waals surface area contributed by atoms with Gasteiger partial charge in [0.2, 0.25) is 5.91 Å². The van der Waals surface area contributed by atoms with Crippen LogP contribution in [-0.2, 0) is 11.3 Å². The number of anilines is 1. The molecule has 6 nitrogen and oxygen atoms in total. The molecule has 0 spiro atoms. The van der Waals surface area contributed by atoms with E-state index in [0.717, 1.165) is 18.9 Å². The van der Waals surface area contributed by atoms with E-state index in [-0.39, 0.29) is 36.4 Å². The number of hydrogen-bond acceptors (Lipinski definition) is 3. The molecule has 1 N–H and O–H groups in total. The Balaban J connectivity index is 0.00000625. The maximum atomic E-state index is 11.9. The van der Waals surface area contributed by atoms with Crippen LogP contribution in [0.3, 0.4) is 0 Å². The van der Waals surface area contributed by atoms with Crippen LogP contribution in [0.25, 0.3) is 0 Å². The fraction of sp³-hybridized carbons (Fsp3) is 0.579. The fourth-order valence-corrected chi connectivity index (χ4v) is 2.16. The summed E-state index contributed by atoms with van der Waals surface area (Å²) in [7, 11) is 9.56. The second kappa shape index (κ2) is 12.0. The van der Waals surface area contributed by atoms with E-state index < -0.39 is 0 Å². The number of nitrogens with zero attached hydrogens (tertiary/aromatic N) is 4. The lowest BCUT2D eigenvalue weighted by molar-refractivity contribution is -0.127. The molecule has 0 saturated heterocycles. The molecule has 1 unspecified atom stereocenters. The van der Waals surface area contributed by atoms with Crippen LogP contribution >= 0.6 is 24.0 Å². The van der Waals surface area contributed by atoms with Gasteiger partial charge in [-0.15, -0.1) is 24.0 Å². The lowest BCUT2D eigenvalue weighted by atomic mass is 10.2. The average Bonchev–Trinajstić information content (AvgIpc) is 2.57. The van der Waals surface area contributed by atoms with Gasteiger partial charge in [0.15, 0.2) is 5.96 Å². The molecule has 1 amide bonds. The Kier molecular flexibility index (Phi) is 11.3. The summed E-state index contributed by atoms with van der Waals surface area (Å²) in [6.07, 6.45) is 0.991. The Hall–Kier alpha value is -1.51. The third-order valence-corrected chi connectivity index (χ3v) is 4.06. The first-order chi connectivity index (χ1) is 11.7. The lowest BCUT2D eigenvalue weighted by Gasteiger charge is -2.26. The molecule has 1 aromatic carbocycles. The highest BCUT2D eigenvalue weighted by atomic mass is 127. The average molecular weight is 475 g/mol. The van der Waals surface area contributed by atoms with Gasteiger partial charge in [0, 0.05) is 53.5 Å². The summed E-state index contributed by atoms with van der Waals surface area (Å²) in [5.74, 6) is 0.742. The summed E-state index contributed by atoms with van der Waals surface area (Å²) in [5, 5.41) is 3.41. The Morgan fingerprint density at radius 1 is 1.19 bits per heavy atom. The number of carbonyl (C=O) groups is 1. The highest BCUT2D eigenvalue weighted by Crippen LogP contribution is 2.14. The maximum absolute atomic E-state index is 11.9. The molecule has 1 aromatic rings. The second-order valence-electron chi connectivity index (χ2n) is 6.80. The molecule has 0 radical (unpaired) electrons. The van der Waals surface area contributed by atoms with E-state index in [0.29, 0.717) is 6.04 Å². The summed E-state index contributed by atoms with van der Waals surface area (Å²) >= 11 is 0. The Morgan fingerprint density at radius 3 is 2.38 bits per heavy atom. The van der Waals surface area contributed by atoms with Crippen molar-refractivity contribution in [3.8, 4) is 0 Å². The molecule has 0 aromatic heterocycles. The predicted octanol–water partition coefficient (Wildman–Crippen LogP) is 2.63. The molecule has 0 aliphatic heterocycles. The molecule has 0 aliphatic carbocycles. The largest absolute Gasteiger partial charge is 0.378 e. The van der Waals surface area contributed by atoms with E-state index in [9.17, 15) is 4.79 Å². The van der Waals surface area contributed by atoms with Crippen LogP contribution in [0.15, 0.2) is 29.3 Å². The summed E-state index contributed by atoms with van der Waals surface area (Å²) in [6.45, 7) is 5.11. The van der Waals surface area contributed by atoms with Crippen LogP contribution in [0.5, 0.6) is 0 Å². The standard InChI is InChI=1S/C19H33N5O.HI/c1-8-15(2)21-19(20-13-18(25)23(5)6)24(7)14-16-10-9-11-17(12-16)22(3)4;/h9-12,15H,8,13-14H2,1-7H3,(H,20,21);1H. The van der Waals surface area contributed by atoms with Crippen LogP contribution in [0.4, 0.5) is 5.69 Å². The first-order valence-electron chi connectivity index (χ1n) is 8.73. The molecule has 1 atom stereocenters. The number of hydrogen-bond donors (Lipinski definition) is 1. The van der Waals surface area contributed by atoms with Crippen molar-refractivity contribution in [2.45, 2.75) is 32.9 Å². The van der Waals surface area contributed by atoms with Gasteiger partial charge in [0.1, 0.15) is 6.54 Å². The molecular formula is C19H34IN5O. The number of rotatable bonds is 7. The number of benzene rings is 1. The van der Waals surface area contributed by atoms with E-state index in [1.165, 1.54) is 11.3 Å². The van der Waals surface area contributed by atoms with Gasteiger partial charge in [0.25, 0.3) is 0 Å². The zero-order valence-corrected chi connectivity index (χ0v) is 19.4. The quantitative estimate of drug-likeness (QED) is 0.375. The summed E-state index contributed by atoms with van der Waals surface area (Å²) in [6, 6.07) is 8.72. The minimum absolute atomic E-state index is 0. The molecule has 1 rings (SSSR count). The van der Waals surface area contributed by atoms with Crippen molar-refractivity contribution in [1.29, 1.82) is 0 Å². The number of likely N-dealkylation sites (N-methyl/N-ethyl adjacent to an activating group) is 1. The minimum atomic E-state index is -0.00791. The van der Waals surface area contributed by atoms with Crippen LogP contribution in [-0.4, -0.2) is 69.5 Å². The highest BCUT2D eigenvalue weighted by Gasteiger charge is 2.12. The van der Waals surface area contributed by atoms with Crippen molar-refractivity contribution in [3.63, 3.8) is 0 Å². The highest BCUT2D eigenvalue weighted by molar-refractivity contribution is 14.0. The van der Waals surface area contributed by atoms with Crippen molar-refractivity contribution < 1.29 is 4.79 Å². The van der Waals surface area contributed by atoms with Crippen molar-refractivity contribution in [2.75, 3.05) is 46.7 Å². The van der Waals surface area contributed by atoms with Gasteiger partial charge in [-0.3, -0.25) is 4.79 Å². The van der Waals surface area contributed by atoms with Gasteiger partial charge < -0.3 is 20.0 Å². The van der Waals surface area contributed by atoms with E-state index in [1.54, 1.807) is 19.0 Å². The van der Waals surface area contributed by atoms with Crippen molar-refractivity contribution in [2.24, 2.45) is 4.99 Å².